The van der Waals surface area contributed by atoms with Crippen molar-refractivity contribution >= 4 is 12.9 Å². The lowest BCUT2D eigenvalue weighted by Gasteiger charge is -1.85. The van der Waals surface area contributed by atoms with Crippen LogP contribution in [0.1, 0.15) is 5.56 Å². The van der Waals surface area contributed by atoms with Crippen molar-refractivity contribution in [3.63, 3.8) is 0 Å². The maximum absolute atomic E-state index is 8.00. The average molecular weight is 134 g/mol. The molecule has 0 bridgehead atoms. The van der Waals surface area contributed by atoms with E-state index < -0.39 is 0 Å². The zero-order valence-electron chi connectivity index (χ0n) is 5.79. The van der Waals surface area contributed by atoms with Crippen molar-refractivity contribution in [2.75, 3.05) is 0 Å². The van der Waals surface area contributed by atoms with Gasteiger partial charge >= 0.3 is 0 Å². The van der Waals surface area contributed by atoms with Crippen molar-refractivity contribution in [3.8, 4) is 0 Å². The van der Waals surface area contributed by atoms with Crippen LogP contribution in [0.3, 0.4) is 0 Å². The largest absolute Gasteiger partial charge is 0.307 e. The van der Waals surface area contributed by atoms with Crippen LogP contribution >= 0.6 is 0 Å². The first-order chi connectivity index (χ1) is 4.93. The average Bonchev–Trinajstić information content (AvgIpc) is 2.10. The lowest BCUT2D eigenvalue weighted by atomic mass is 10.2. The molecule has 1 heteroatoms. The summed E-state index contributed by atoms with van der Waals surface area (Å²) in [4.78, 5) is 8.00. The van der Waals surface area contributed by atoms with Crippen LogP contribution in [0, 0.1) is 0 Å². The summed E-state index contributed by atoms with van der Waals surface area (Å²) in [5, 5.41) is 0. The van der Waals surface area contributed by atoms with Crippen LogP contribution in [0.4, 0.5) is 0 Å². The van der Waals surface area contributed by atoms with Gasteiger partial charge in [-0.1, -0.05) is 43.0 Å². The molecular formula is C9H10O. The zero-order valence-corrected chi connectivity index (χ0v) is 5.79. The summed E-state index contributed by atoms with van der Waals surface area (Å²) in [5.41, 5.74) is 1.17. The molecule has 1 aromatic carbocycles. The summed E-state index contributed by atoms with van der Waals surface area (Å²) < 4.78 is 0. The van der Waals surface area contributed by atoms with E-state index in [2.05, 4.69) is 6.58 Å². The Balaban J connectivity index is 0.000000371. The molecule has 0 atom stereocenters. The van der Waals surface area contributed by atoms with E-state index in [1.54, 1.807) is 0 Å². The molecule has 0 heterocycles. The lowest BCUT2D eigenvalue weighted by molar-refractivity contribution is -0.0979. The molecule has 0 aromatic heterocycles. The third-order valence-electron chi connectivity index (χ3n) is 1.04. The maximum atomic E-state index is 8.00. The van der Waals surface area contributed by atoms with Crippen LogP contribution in [-0.2, 0) is 4.79 Å². The molecule has 0 aliphatic heterocycles. The molecule has 10 heavy (non-hydrogen) atoms. The molecule has 0 aliphatic carbocycles. The molecule has 0 amide bonds. The monoisotopic (exact) mass is 134 g/mol. The van der Waals surface area contributed by atoms with Crippen molar-refractivity contribution in [1.82, 2.24) is 0 Å². The lowest BCUT2D eigenvalue weighted by Crippen LogP contribution is -1.63. The Morgan fingerprint density at radius 1 is 1.10 bits per heavy atom. The van der Waals surface area contributed by atoms with Crippen molar-refractivity contribution in [2.45, 2.75) is 0 Å². The second-order valence-corrected chi connectivity index (χ2v) is 1.61. The van der Waals surface area contributed by atoms with Crippen LogP contribution in [0.25, 0.3) is 6.08 Å². The predicted molar refractivity (Wildman–Crippen MR) is 43.7 cm³/mol. The summed E-state index contributed by atoms with van der Waals surface area (Å²) in [6.45, 7) is 5.63. The molecule has 0 unspecified atom stereocenters. The molecule has 52 valence electrons. The third-order valence-corrected chi connectivity index (χ3v) is 1.04. The van der Waals surface area contributed by atoms with Gasteiger partial charge < -0.3 is 4.79 Å². The number of carbonyl (C=O) groups is 1. The van der Waals surface area contributed by atoms with E-state index in [4.69, 9.17) is 4.79 Å². The van der Waals surface area contributed by atoms with Crippen LogP contribution in [-0.4, -0.2) is 6.79 Å². The summed E-state index contributed by atoms with van der Waals surface area (Å²) in [6.07, 6.45) is 1.83. The van der Waals surface area contributed by atoms with E-state index in [9.17, 15) is 0 Å². The Morgan fingerprint density at radius 2 is 1.60 bits per heavy atom. The Hall–Kier alpha value is -1.37. The fourth-order valence-electron chi connectivity index (χ4n) is 0.589. The molecule has 0 saturated carbocycles. The predicted octanol–water partition coefficient (Wildman–Crippen LogP) is 2.14. The van der Waals surface area contributed by atoms with Gasteiger partial charge in [0.1, 0.15) is 6.79 Å². The van der Waals surface area contributed by atoms with Gasteiger partial charge in [0.15, 0.2) is 0 Å². The summed E-state index contributed by atoms with van der Waals surface area (Å²) in [5.74, 6) is 0. The molecular weight excluding hydrogens is 124 g/mol. The van der Waals surface area contributed by atoms with Gasteiger partial charge in [-0.3, -0.25) is 0 Å². The first-order valence-electron chi connectivity index (χ1n) is 2.90. The third kappa shape index (κ3) is 2.82. The van der Waals surface area contributed by atoms with Gasteiger partial charge in [-0.2, -0.15) is 0 Å². The fraction of sp³-hybridized carbons (Fsp3) is 0. The second kappa shape index (κ2) is 5.76. The highest BCUT2D eigenvalue weighted by Crippen LogP contribution is 1.97. The number of carbonyl (C=O) groups excluding carboxylic acids is 1. The van der Waals surface area contributed by atoms with Crippen molar-refractivity contribution in [1.29, 1.82) is 0 Å². The Bertz CT molecular complexity index is 179. The van der Waals surface area contributed by atoms with E-state index in [-0.39, 0.29) is 0 Å². The first-order valence-corrected chi connectivity index (χ1v) is 2.90. The van der Waals surface area contributed by atoms with Crippen LogP contribution in [0.5, 0.6) is 0 Å². The van der Waals surface area contributed by atoms with Gasteiger partial charge in [-0.25, -0.2) is 0 Å². The molecule has 1 aromatic rings. The summed E-state index contributed by atoms with van der Waals surface area (Å²) in [6, 6.07) is 10.0. The van der Waals surface area contributed by atoms with Crippen LogP contribution in [0.2, 0.25) is 0 Å². The Kier molecular flexibility index (Phi) is 4.97. The minimum Gasteiger partial charge on any atom is -0.307 e. The summed E-state index contributed by atoms with van der Waals surface area (Å²) in [7, 11) is 0. The Labute approximate surface area is 61.0 Å². The fourth-order valence-corrected chi connectivity index (χ4v) is 0.589. The molecule has 0 aliphatic rings. The van der Waals surface area contributed by atoms with Crippen LogP contribution < -0.4 is 0 Å². The number of benzene rings is 1. The quantitative estimate of drug-likeness (QED) is 0.575. The molecule has 1 nitrogen and oxygen atoms in total. The molecule has 0 fully saturated rings. The van der Waals surface area contributed by atoms with E-state index in [1.165, 1.54) is 5.56 Å². The van der Waals surface area contributed by atoms with Gasteiger partial charge in [0.25, 0.3) is 0 Å². The van der Waals surface area contributed by atoms with E-state index >= 15 is 0 Å². The smallest absolute Gasteiger partial charge is 0.106 e. The van der Waals surface area contributed by atoms with Gasteiger partial charge in [-0.05, 0) is 5.56 Å². The zero-order chi connectivity index (χ0) is 7.82. The van der Waals surface area contributed by atoms with Gasteiger partial charge in [0.2, 0.25) is 0 Å². The normalized spacial score (nSPS) is 7.20. The highest BCUT2D eigenvalue weighted by Gasteiger charge is 1.75. The minimum atomic E-state index is 1.17. The first kappa shape index (κ1) is 8.63. The molecule has 1 rings (SSSR count). The maximum Gasteiger partial charge on any atom is 0.106 e. The molecule has 0 saturated heterocycles. The van der Waals surface area contributed by atoms with E-state index in [0.29, 0.717) is 0 Å². The van der Waals surface area contributed by atoms with Gasteiger partial charge in [0.05, 0.1) is 0 Å². The summed E-state index contributed by atoms with van der Waals surface area (Å²) >= 11 is 0. The molecule has 0 spiro atoms. The standard InChI is InChI=1S/C8H8.CH2O/c1-2-8-6-4-3-5-7-8;1-2/h2-7H,1H2;1H2. The highest BCUT2D eigenvalue weighted by atomic mass is 16.1. The number of hydrogen-bond acceptors (Lipinski definition) is 1. The van der Waals surface area contributed by atoms with E-state index in [0.717, 1.165) is 0 Å². The van der Waals surface area contributed by atoms with Gasteiger partial charge in [0, 0.05) is 0 Å². The number of rotatable bonds is 1. The molecule has 0 N–H and O–H groups in total. The van der Waals surface area contributed by atoms with Crippen LogP contribution in [0.15, 0.2) is 36.9 Å². The minimum absolute atomic E-state index is 1.17. The SMILES string of the molecule is C=Cc1ccccc1.C=O. The van der Waals surface area contributed by atoms with Crippen molar-refractivity contribution in [2.24, 2.45) is 0 Å². The van der Waals surface area contributed by atoms with Crippen molar-refractivity contribution < 1.29 is 4.79 Å². The van der Waals surface area contributed by atoms with Crippen molar-refractivity contribution in [3.05, 3.63) is 42.5 Å². The second-order valence-electron chi connectivity index (χ2n) is 1.61. The Morgan fingerprint density at radius 3 is 1.90 bits per heavy atom. The number of hydrogen-bond donors (Lipinski definition) is 0. The topological polar surface area (TPSA) is 17.1 Å². The van der Waals surface area contributed by atoms with Gasteiger partial charge in [-0.15, -0.1) is 0 Å². The highest BCUT2D eigenvalue weighted by molar-refractivity contribution is 5.45. The van der Waals surface area contributed by atoms with E-state index in [1.807, 2.05) is 43.2 Å². The molecule has 0 radical (unpaired) electrons.